The van der Waals surface area contributed by atoms with Gasteiger partial charge in [-0.2, -0.15) is 5.06 Å². The zero-order chi connectivity index (χ0) is 22.3. The van der Waals surface area contributed by atoms with Crippen LogP contribution in [0.4, 0.5) is 0 Å². The molecular formula is C22H44BNO6. The fourth-order valence-electron chi connectivity index (χ4n) is 3.10. The van der Waals surface area contributed by atoms with E-state index < -0.39 is 13.3 Å². The molecule has 8 heteroatoms. The van der Waals surface area contributed by atoms with E-state index >= 15 is 0 Å². The highest BCUT2D eigenvalue weighted by atomic mass is 16.8. The van der Waals surface area contributed by atoms with Crippen LogP contribution in [0.5, 0.6) is 0 Å². The predicted molar refractivity (Wildman–Crippen MR) is 120 cm³/mol. The molecule has 30 heavy (non-hydrogen) atoms. The highest BCUT2D eigenvalue weighted by Crippen LogP contribution is 2.10. The van der Waals surface area contributed by atoms with Gasteiger partial charge in [0, 0.05) is 19.5 Å². The zero-order valence-corrected chi connectivity index (χ0v) is 19.0. The molecule has 0 amide bonds. The van der Waals surface area contributed by atoms with Gasteiger partial charge in [-0.15, -0.1) is 0 Å². The first-order chi connectivity index (χ1) is 14.6. The first-order valence-electron chi connectivity index (χ1n) is 11.8. The number of allylic oxidation sites excluding steroid dienone is 2. The summed E-state index contributed by atoms with van der Waals surface area (Å²) < 4.78 is 9.72. The average molecular weight is 429 g/mol. The molecule has 0 spiro atoms. The topological polar surface area (TPSA) is 99.5 Å². The Labute approximate surface area is 183 Å². The summed E-state index contributed by atoms with van der Waals surface area (Å²) in [4.78, 5) is 11.7. The molecule has 0 atom stereocenters. The van der Waals surface area contributed by atoms with E-state index in [1.165, 1.54) is 51.4 Å². The van der Waals surface area contributed by atoms with Crippen molar-refractivity contribution in [1.29, 1.82) is 0 Å². The summed E-state index contributed by atoms with van der Waals surface area (Å²) >= 11 is 0. The third-order valence-electron chi connectivity index (χ3n) is 4.81. The molecule has 0 aliphatic heterocycles. The van der Waals surface area contributed by atoms with E-state index in [-0.39, 0.29) is 32.7 Å². The van der Waals surface area contributed by atoms with E-state index in [4.69, 9.17) is 19.6 Å². The Balaban J connectivity index is 3.50. The van der Waals surface area contributed by atoms with Crippen molar-refractivity contribution in [2.24, 2.45) is 0 Å². The van der Waals surface area contributed by atoms with E-state index in [1.807, 2.05) is 0 Å². The minimum Gasteiger partial charge on any atom is -0.484 e. The quantitative estimate of drug-likeness (QED) is 0.104. The van der Waals surface area contributed by atoms with Crippen LogP contribution < -0.4 is 0 Å². The summed E-state index contributed by atoms with van der Waals surface area (Å²) in [7, 11) is -1.72. The van der Waals surface area contributed by atoms with Gasteiger partial charge in [0.05, 0.1) is 13.2 Å². The van der Waals surface area contributed by atoms with E-state index in [1.54, 1.807) is 0 Å². The summed E-state index contributed by atoms with van der Waals surface area (Å²) in [5.41, 5.74) is 0. The SMILES string of the molecule is CCCCCCCC/C=C\CCCCCCCC(=O)OB(O)ON(CCO)CCO. The summed E-state index contributed by atoms with van der Waals surface area (Å²) in [6.45, 7) is 2.05. The minimum atomic E-state index is -1.72. The van der Waals surface area contributed by atoms with Crippen LogP contribution in [0, 0.1) is 0 Å². The molecule has 3 N–H and O–H groups in total. The largest absolute Gasteiger partial charge is 0.730 e. The van der Waals surface area contributed by atoms with Gasteiger partial charge in [0.25, 0.3) is 5.97 Å². The molecule has 0 heterocycles. The van der Waals surface area contributed by atoms with Crippen LogP contribution in [0.15, 0.2) is 12.2 Å². The maximum Gasteiger partial charge on any atom is 0.730 e. The van der Waals surface area contributed by atoms with Crippen LogP contribution in [0.25, 0.3) is 0 Å². The number of carbonyl (C=O) groups is 1. The molecule has 0 aliphatic carbocycles. The number of hydroxylamine groups is 2. The van der Waals surface area contributed by atoms with Crippen LogP contribution in [-0.2, 0) is 14.2 Å². The molecule has 0 aromatic heterocycles. The minimum absolute atomic E-state index is 0.101. The van der Waals surface area contributed by atoms with Gasteiger partial charge in [-0.1, -0.05) is 70.4 Å². The first kappa shape index (κ1) is 29.1. The number of aliphatic hydroxyl groups is 2. The monoisotopic (exact) mass is 429 g/mol. The smallest absolute Gasteiger partial charge is 0.484 e. The molecule has 0 aliphatic rings. The number of unbranched alkanes of at least 4 members (excludes halogenated alkanes) is 11. The van der Waals surface area contributed by atoms with Gasteiger partial charge in [0.1, 0.15) is 0 Å². The van der Waals surface area contributed by atoms with Gasteiger partial charge in [-0.05, 0) is 32.1 Å². The van der Waals surface area contributed by atoms with Crippen LogP contribution in [0.2, 0.25) is 0 Å². The van der Waals surface area contributed by atoms with Crippen molar-refractivity contribution in [1.82, 2.24) is 5.06 Å². The van der Waals surface area contributed by atoms with Crippen LogP contribution in [-0.4, -0.2) is 59.9 Å². The second-order valence-electron chi connectivity index (χ2n) is 7.61. The maximum atomic E-state index is 11.7. The molecule has 0 unspecified atom stereocenters. The lowest BCUT2D eigenvalue weighted by atomic mass is 10.1. The number of hydrogen-bond acceptors (Lipinski definition) is 7. The van der Waals surface area contributed by atoms with Gasteiger partial charge in [-0.3, -0.25) is 9.55 Å². The van der Waals surface area contributed by atoms with Gasteiger partial charge < -0.3 is 19.9 Å². The van der Waals surface area contributed by atoms with Gasteiger partial charge in [0.2, 0.25) is 0 Å². The van der Waals surface area contributed by atoms with Crippen LogP contribution in [0.3, 0.4) is 0 Å². The fourth-order valence-corrected chi connectivity index (χ4v) is 3.10. The highest BCUT2D eigenvalue weighted by Gasteiger charge is 2.25. The summed E-state index contributed by atoms with van der Waals surface area (Å²) in [6.07, 6.45) is 20.3. The van der Waals surface area contributed by atoms with Crippen molar-refractivity contribution in [3.8, 4) is 0 Å². The lowest BCUT2D eigenvalue weighted by Gasteiger charge is -2.20. The van der Waals surface area contributed by atoms with E-state index in [0.717, 1.165) is 37.2 Å². The lowest BCUT2D eigenvalue weighted by Crippen LogP contribution is -2.39. The molecule has 7 nitrogen and oxygen atoms in total. The second kappa shape index (κ2) is 22.8. The third-order valence-corrected chi connectivity index (χ3v) is 4.81. The maximum absolute atomic E-state index is 11.7. The molecular weight excluding hydrogens is 385 g/mol. The molecule has 176 valence electrons. The Hall–Kier alpha value is -0.925. The summed E-state index contributed by atoms with van der Waals surface area (Å²) in [5.74, 6) is -0.520. The van der Waals surface area contributed by atoms with Crippen molar-refractivity contribution in [3.63, 3.8) is 0 Å². The standard InChI is InChI=1S/C22H44BNO6/c1-2-3-4-5-6-7-8-9-10-11-12-13-14-15-16-17-22(27)29-23(28)30-24(18-20-25)19-21-26/h9-10,25-26,28H,2-8,11-21H2,1H3/b10-9-. The lowest BCUT2D eigenvalue weighted by molar-refractivity contribution is -0.147. The molecule has 0 fully saturated rings. The number of carbonyl (C=O) groups excluding carboxylic acids is 1. The molecule has 0 aromatic rings. The first-order valence-corrected chi connectivity index (χ1v) is 11.8. The number of nitrogens with zero attached hydrogens (tertiary/aromatic N) is 1. The number of rotatable bonds is 22. The normalized spacial score (nSPS) is 11.5. The van der Waals surface area contributed by atoms with Crippen LogP contribution in [0.1, 0.15) is 96.8 Å². The predicted octanol–water partition coefficient (Wildman–Crippen LogP) is 3.76. The van der Waals surface area contributed by atoms with Crippen molar-refractivity contribution in [2.75, 3.05) is 26.3 Å². The Morgan fingerprint density at radius 2 is 1.33 bits per heavy atom. The van der Waals surface area contributed by atoms with Crippen molar-refractivity contribution in [2.45, 2.75) is 96.8 Å². The Morgan fingerprint density at radius 3 is 1.87 bits per heavy atom. The molecule has 0 radical (unpaired) electrons. The molecule has 0 saturated heterocycles. The molecule has 0 saturated carbocycles. The Morgan fingerprint density at radius 1 is 0.833 bits per heavy atom. The Kier molecular flexibility index (Phi) is 22.1. The average Bonchev–Trinajstić information content (AvgIpc) is 2.71. The third kappa shape index (κ3) is 20.4. The zero-order valence-electron chi connectivity index (χ0n) is 19.0. The molecule has 0 bridgehead atoms. The highest BCUT2D eigenvalue weighted by molar-refractivity contribution is 6.37. The summed E-state index contributed by atoms with van der Waals surface area (Å²) in [5, 5.41) is 28.5. The van der Waals surface area contributed by atoms with E-state index in [9.17, 15) is 9.82 Å². The van der Waals surface area contributed by atoms with Gasteiger partial charge in [-0.25, -0.2) is 0 Å². The Bertz CT molecular complexity index is 405. The van der Waals surface area contributed by atoms with Crippen LogP contribution >= 0.6 is 0 Å². The van der Waals surface area contributed by atoms with Crippen molar-refractivity contribution >= 4 is 13.3 Å². The van der Waals surface area contributed by atoms with Crippen molar-refractivity contribution < 1.29 is 29.4 Å². The van der Waals surface area contributed by atoms with E-state index in [0.29, 0.717) is 0 Å². The summed E-state index contributed by atoms with van der Waals surface area (Å²) in [6, 6.07) is 0. The van der Waals surface area contributed by atoms with E-state index in [2.05, 4.69) is 19.1 Å². The molecule has 0 aromatic carbocycles. The van der Waals surface area contributed by atoms with Crippen molar-refractivity contribution in [3.05, 3.63) is 12.2 Å². The van der Waals surface area contributed by atoms with Gasteiger partial charge in [0.15, 0.2) is 0 Å². The second-order valence-corrected chi connectivity index (χ2v) is 7.61. The molecule has 0 rings (SSSR count). The number of aliphatic hydroxyl groups excluding tert-OH is 2. The number of hydrogen-bond donors (Lipinski definition) is 3. The van der Waals surface area contributed by atoms with Gasteiger partial charge >= 0.3 is 7.32 Å². The fraction of sp³-hybridized carbons (Fsp3) is 0.864.